The van der Waals surface area contributed by atoms with E-state index in [1.54, 1.807) is 13.2 Å². The Morgan fingerprint density at radius 3 is 2.65 bits per heavy atom. The van der Waals surface area contributed by atoms with E-state index in [0.29, 0.717) is 19.6 Å². The highest BCUT2D eigenvalue weighted by molar-refractivity contribution is 9.10. The van der Waals surface area contributed by atoms with Gasteiger partial charge in [0.1, 0.15) is 0 Å². The monoisotopic (exact) mass is 419 g/mol. The fraction of sp³-hybridized carbons (Fsp3) is 0.263. The van der Waals surface area contributed by atoms with Crippen LogP contribution in [0.1, 0.15) is 28.6 Å². The molecule has 0 fully saturated rings. The van der Waals surface area contributed by atoms with Crippen molar-refractivity contribution in [3.05, 3.63) is 69.8 Å². The lowest BCUT2D eigenvalue weighted by Crippen LogP contribution is -2.32. The first-order valence-electron chi connectivity index (χ1n) is 8.11. The maximum absolute atomic E-state index is 12.9. The summed E-state index contributed by atoms with van der Waals surface area (Å²) >= 11 is 3.38. The van der Waals surface area contributed by atoms with Gasteiger partial charge < -0.3 is 19.2 Å². The molecule has 0 radical (unpaired) electrons. The van der Waals surface area contributed by atoms with Crippen LogP contribution in [0, 0.1) is 0 Å². The van der Waals surface area contributed by atoms with E-state index in [-0.39, 0.29) is 11.3 Å². The second-order valence-corrected chi connectivity index (χ2v) is 6.78. The van der Waals surface area contributed by atoms with Crippen molar-refractivity contribution >= 4 is 27.6 Å². The Labute approximate surface area is 159 Å². The molecular weight excluding hydrogens is 402 g/mol. The highest BCUT2D eigenvalue weighted by atomic mass is 79.9. The number of nitrogens with zero attached hydrogens (tertiary/aromatic N) is 1. The number of methoxy groups -OCH3 is 1. The van der Waals surface area contributed by atoms with E-state index >= 15 is 0 Å². The second kappa shape index (κ2) is 7.88. The molecule has 2 aromatic rings. The minimum absolute atomic E-state index is 0.0321. The van der Waals surface area contributed by atoms with Crippen LogP contribution in [0.2, 0.25) is 0 Å². The second-order valence-electron chi connectivity index (χ2n) is 5.87. The van der Waals surface area contributed by atoms with Crippen LogP contribution in [0.25, 0.3) is 0 Å². The van der Waals surface area contributed by atoms with Gasteiger partial charge in [0, 0.05) is 24.7 Å². The van der Waals surface area contributed by atoms with Crippen LogP contribution < -0.4 is 0 Å². The summed E-state index contributed by atoms with van der Waals surface area (Å²) < 4.78 is 11.1. The maximum Gasteiger partial charge on any atom is 0.290 e. The Morgan fingerprint density at radius 1 is 1.31 bits per heavy atom. The van der Waals surface area contributed by atoms with E-state index in [2.05, 4.69) is 15.9 Å². The third-order valence-corrected chi connectivity index (χ3v) is 4.76. The average Bonchev–Trinajstić information content (AvgIpc) is 3.25. The number of carbonyl (C=O) groups is 2. The number of rotatable bonds is 7. The molecule has 0 spiro atoms. The lowest BCUT2D eigenvalue weighted by atomic mass is 9.95. The van der Waals surface area contributed by atoms with E-state index in [4.69, 9.17) is 9.15 Å². The predicted molar refractivity (Wildman–Crippen MR) is 97.8 cm³/mol. The maximum atomic E-state index is 12.9. The van der Waals surface area contributed by atoms with Crippen LogP contribution in [-0.4, -0.2) is 42.0 Å². The molecule has 7 heteroatoms. The topological polar surface area (TPSA) is 80.0 Å². The standard InChI is InChI=1S/C19H18BrNO5/c1-25-10-3-9-21-16(12-5-7-13(20)8-6-12)15(18(23)19(21)24)17(22)14-4-2-11-26-14/h2,4-8,11,16,23H,3,9-10H2,1H3/t16-/m1/s1. The van der Waals surface area contributed by atoms with Gasteiger partial charge in [0.25, 0.3) is 5.91 Å². The molecule has 3 rings (SSSR count). The molecule has 1 aliphatic rings. The Kier molecular flexibility index (Phi) is 5.58. The Hall–Kier alpha value is -2.38. The largest absolute Gasteiger partial charge is 0.503 e. The van der Waals surface area contributed by atoms with Crippen molar-refractivity contribution in [2.45, 2.75) is 12.5 Å². The molecule has 1 amide bonds. The molecule has 0 saturated carbocycles. The first kappa shape index (κ1) is 18.4. The number of amides is 1. The van der Waals surface area contributed by atoms with Gasteiger partial charge in [-0.2, -0.15) is 0 Å². The molecule has 1 atom stereocenters. The molecule has 1 aromatic heterocycles. The number of ketones is 1. The van der Waals surface area contributed by atoms with E-state index < -0.39 is 23.5 Å². The summed E-state index contributed by atoms with van der Waals surface area (Å²) in [6.07, 6.45) is 1.97. The molecule has 0 unspecified atom stereocenters. The summed E-state index contributed by atoms with van der Waals surface area (Å²) in [5.74, 6) is -1.51. The van der Waals surface area contributed by atoms with Crippen LogP contribution in [-0.2, 0) is 9.53 Å². The van der Waals surface area contributed by atoms with Crippen molar-refractivity contribution in [1.29, 1.82) is 0 Å². The molecule has 1 aliphatic heterocycles. The van der Waals surface area contributed by atoms with E-state index in [1.165, 1.54) is 17.2 Å². The quantitative estimate of drug-likeness (QED) is 0.547. The lowest BCUT2D eigenvalue weighted by molar-refractivity contribution is -0.129. The average molecular weight is 420 g/mol. The Morgan fingerprint density at radius 2 is 2.04 bits per heavy atom. The molecule has 1 aromatic carbocycles. The number of hydrogen-bond acceptors (Lipinski definition) is 5. The van der Waals surface area contributed by atoms with Crippen molar-refractivity contribution in [3.63, 3.8) is 0 Å². The molecule has 2 heterocycles. The minimum atomic E-state index is -0.676. The minimum Gasteiger partial charge on any atom is -0.503 e. The van der Waals surface area contributed by atoms with Gasteiger partial charge in [0.05, 0.1) is 17.9 Å². The van der Waals surface area contributed by atoms with Gasteiger partial charge in [-0.1, -0.05) is 28.1 Å². The SMILES string of the molecule is COCCCN1C(=O)C(O)=C(C(=O)c2ccco2)[C@H]1c1ccc(Br)cc1. The molecule has 136 valence electrons. The smallest absolute Gasteiger partial charge is 0.290 e. The lowest BCUT2D eigenvalue weighted by Gasteiger charge is -2.26. The number of furan rings is 1. The van der Waals surface area contributed by atoms with E-state index in [1.807, 2.05) is 24.3 Å². The third kappa shape index (κ3) is 3.45. The van der Waals surface area contributed by atoms with E-state index in [0.717, 1.165) is 10.0 Å². The summed E-state index contributed by atoms with van der Waals surface area (Å²) in [6.45, 7) is 0.825. The number of halogens is 1. The van der Waals surface area contributed by atoms with Crippen LogP contribution in [0.5, 0.6) is 0 Å². The molecule has 0 aliphatic carbocycles. The van der Waals surface area contributed by atoms with Gasteiger partial charge in [-0.25, -0.2) is 0 Å². The summed E-state index contributed by atoms with van der Waals surface area (Å²) in [4.78, 5) is 27.0. The van der Waals surface area contributed by atoms with Gasteiger partial charge in [-0.3, -0.25) is 9.59 Å². The number of ether oxygens (including phenoxy) is 1. The van der Waals surface area contributed by atoms with Gasteiger partial charge in [0.15, 0.2) is 11.5 Å². The molecule has 6 nitrogen and oxygen atoms in total. The van der Waals surface area contributed by atoms with Crippen LogP contribution in [0.4, 0.5) is 0 Å². The molecule has 0 saturated heterocycles. The number of carbonyl (C=O) groups excluding carboxylic acids is 2. The zero-order valence-corrected chi connectivity index (χ0v) is 15.7. The first-order valence-corrected chi connectivity index (χ1v) is 8.90. The van der Waals surface area contributed by atoms with Crippen molar-refractivity contribution < 1.29 is 23.8 Å². The Balaban J connectivity index is 2.02. The molecule has 1 N–H and O–H groups in total. The first-order chi connectivity index (χ1) is 12.5. The fourth-order valence-corrected chi connectivity index (χ4v) is 3.29. The van der Waals surface area contributed by atoms with Gasteiger partial charge >= 0.3 is 0 Å². The molecule has 26 heavy (non-hydrogen) atoms. The zero-order valence-electron chi connectivity index (χ0n) is 14.1. The van der Waals surface area contributed by atoms with Crippen molar-refractivity contribution in [2.75, 3.05) is 20.3 Å². The summed E-state index contributed by atoms with van der Waals surface area (Å²) in [6, 6.07) is 9.73. The third-order valence-electron chi connectivity index (χ3n) is 4.23. The number of benzene rings is 1. The van der Waals surface area contributed by atoms with Gasteiger partial charge in [-0.05, 0) is 36.2 Å². The van der Waals surface area contributed by atoms with Crippen molar-refractivity contribution in [3.8, 4) is 0 Å². The van der Waals surface area contributed by atoms with Crippen molar-refractivity contribution in [1.82, 2.24) is 4.90 Å². The molecule has 0 bridgehead atoms. The van der Waals surface area contributed by atoms with Crippen LogP contribution in [0.15, 0.2) is 62.9 Å². The summed E-state index contributed by atoms with van der Waals surface area (Å²) in [5, 5.41) is 10.4. The van der Waals surface area contributed by atoms with Crippen LogP contribution >= 0.6 is 15.9 Å². The predicted octanol–water partition coefficient (Wildman–Crippen LogP) is 3.66. The van der Waals surface area contributed by atoms with E-state index in [9.17, 15) is 14.7 Å². The fourth-order valence-electron chi connectivity index (χ4n) is 3.03. The number of aliphatic hydroxyl groups excluding tert-OH is 1. The summed E-state index contributed by atoms with van der Waals surface area (Å²) in [7, 11) is 1.58. The summed E-state index contributed by atoms with van der Waals surface area (Å²) in [5.41, 5.74) is 0.766. The van der Waals surface area contributed by atoms with Gasteiger partial charge in [0.2, 0.25) is 5.78 Å². The number of aliphatic hydroxyl groups is 1. The number of hydrogen-bond donors (Lipinski definition) is 1. The van der Waals surface area contributed by atoms with Crippen molar-refractivity contribution in [2.24, 2.45) is 0 Å². The van der Waals surface area contributed by atoms with Gasteiger partial charge in [-0.15, -0.1) is 0 Å². The highest BCUT2D eigenvalue weighted by Gasteiger charge is 2.44. The van der Waals surface area contributed by atoms with Crippen LogP contribution in [0.3, 0.4) is 0 Å². The normalized spacial score (nSPS) is 17.2. The highest BCUT2D eigenvalue weighted by Crippen LogP contribution is 2.39. The zero-order chi connectivity index (χ0) is 18.7. The number of Topliss-reactive ketones (excluding diaryl/α,β-unsaturated/α-hetero) is 1. The Bertz CT molecular complexity index is 826. The molecular formula is C19H18BrNO5.